The summed E-state index contributed by atoms with van der Waals surface area (Å²) in [7, 11) is -4.17. The maximum Gasteiger partial charge on any atom is 0.246 e. The van der Waals surface area contributed by atoms with Gasteiger partial charge in [0.25, 0.3) is 0 Å². The minimum atomic E-state index is -4.17. The van der Waals surface area contributed by atoms with Gasteiger partial charge < -0.3 is 11.5 Å². The van der Waals surface area contributed by atoms with Crippen LogP contribution in [0.3, 0.4) is 0 Å². The molecule has 1 aromatic carbocycles. The van der Waals surface area contributed by atoms with E-state index in [1.165, 1.54) is 13.0 Å². The summed E-state index contributed by atoms with van der Waals surface area (Å²) >= 11 is 2.88. The molecule has 106 valence electrons. The van der Waals surface area contributed by atoms with E-state index in [4.69, 9.17) is 11.5 Å². The summed E-state index contributed by atoms with van der Waals surface area (Å²) in [6.07, 6.45) is 0. The highest BCUT2D eigenvalue weighted by atomic mass is 79.9. The van der Waals surface area contributed by atoms with Crippen LogP contribution < -0.4 is 11.5 Å². The number of hydrogen-bond acceptors (Lipinski definition) is 4. The van der Waals surface area contributed by atoms with Crippen molar-refractivity contribution >= 4 is 37.5 Å². The van der Waals surface area contributed by atoms with Gasteiger partial charge in [-0.2, -0.15) is 4.31 Å². The Hall–Kier alpha value is -1.19. The number of carbonyl (C=O) groups is 1. The average molecular weight is 354 g/mol. The number of nitrogen functional groups attached to an aromatic ring is 1. The van der Waals surface area contributed by atoms with Gasteiger partial charge in [0, 0.05) is 12.2 Å². The van der Waals surface area contributed by atoms with Crippen LogP contribution >= 0.6 is 15.9 Å². The second kappa shape index (κ2) is 5.85. The number of benzene rings is 1. The molecule has 0 atom stereocenters. The number of halogens is 2. The Bertz CT molecular complexity index is 606. The SMILES string of the molecule is CCN(CC(N)=O)S(=O)(=O)c1cc(N)cc(Br)c1F. The standard InChI is InChI=1S/C10H13BrFN3O3S/c1-2-15(5-9(14)16)19(17,18)8-4-6(13)3-7(11)10(8)12/h3-4H,2,5,13H2,1H3,(H2,14,16). The van der Waals surface area contributed by atoms with Crippen LogP contribution in [0.2, 0.25) is 0 Å². The minimum Gasteiger partial charge on any atom is -0.399 e. The van der Waals surface area contributed by atoms with Gasteiger partial charge in [-0.25, -0.2) is 12.8 Å². The van der Waals surface area contributed by atoms with Gasteiger partial charge in [-0.05, 0) is 28.1 Å². The van der Waals surface area contributed by atoms with Gasteiger partial charge in [0.1, 0.15) is 4.90 Å². The predicted octanol–water partition coefficient (Wildman–Crippen LogP) is 0.666. The van der Waals surface area contributed by atoms with E-state index in [9.17, 15) is 17.6 Å². The number of nitrogens with zero attached hydrogens (tertiary/aromatic N) is 1. The smallest absolute Gasteiger partial charge is 0.246 e. The normalized spacial score (nSPS) is 11.8. The molecule has 0 saturated heterocycles. The van der Waals surface area contributed by atoms with Crippen molar-refractivity contribution in [2.24, 2.45) is 5.73 Å². The quantitative estimate of drug-likeness (QED) is 0.758. The molecule has 0 aliphatic carbocycles. The molecule has 0 heterocycles. The lowest BCUT2D eigenvalue weighted by atomic mass is 10.3. The van der Waals surface area contributed by atoms with E-state index in [1.54, 1.807) is 0 Å². The monoisotopic (exact) mass is 353 g/mol. The molecule has 0 aliphatic rings. The number of likely N-dealkylation sites (N-methyl/N-ethyl adjacent to an activating group) is 1. The number of rotatable bonds is 5. The fraction of sp³-hybridized carbons (Fsp3) is 0.300. The van der Waals surface area contributed by atoms with Crippen molar-refractivity contribution in [3.63, 3.8) is 0 Å². The molecule has 1 rings (SSSR count). The summed E-state index contributed by atoms with van der Waals surface area (Å²) in [6, 6.07) is 2.25. The third-order valence-electron chi connectivity index (χ3n) is 2.32. The van der Waals surface area contributed by atoms with Crippen molar-refractivity contribution in [2.75, 3.05) is 18.8 Å². The molecule has 6 nitrogen and oxygen atoms in total. The number of carbonyl (C=O) groups excluding carboxylic acids is 1. The number of hydrogen-bond donors (Lipinski definition) is 2. The average Bonchev–Trinajstić information content (AvgIpc) is 2.30. The first-order chi connectivity index (χ1) is 8.70. The van der Waals surface area contributed by atoms with Gasteiger partial charge in [0.05, 0.1) is 11.0 Å². The van der Waals surface area contributed by atoms with Crippen LogP contribution in [0, 0.1) is 5.82 Å². The first-order valence-corrected chi connectivity index (χ1v) is 7.46. The minimum absolute atomic E-state index is 0.0167. The van der Waals surface area contributed by atoms with Crippen molar-refractivity contribution in [3.8, 4) is 0 Å². The van der Waals surface area contributed by atoms with E-state index >= 15 is 0 Å². The fourth-order valence-corrected chi connectivity index (χ4v) is 3.60. The molecule has 19 heavy (non-hydrogen) atoms. The Morgan fingerprint density at radius 1 is 1.47 bits per heavy atom. The van der Waals surface area contributed by atoms with Crippen molar-refractivity contribution < 1.29 is 17.6 Å². The molecular formula is C10H13BrFN3O3S. The fourth-order valence-electron chi connectivity index (χ4n) is 1.45. The van der Waals surface area contributed by atoms with E-state index in [2.05, 4.69) is 15.9 Å². The van der Waals surface area contributed by atoms with Crippen molar-refractivity contribution in [1.82, 2.24) is 4.31 Å². The Labute approximate surface area is 118 Å². The van der Waals surface area contributed by atoms with Gasteiger partial charge >= 0.3 is 0 Å². The van der Waals surface area contributed by atoms with Gasteiger partial charge in [0.15, 0.2) is 5.82 Å². The number of sulfonamides is 1. The Kier molecular flexibility index (Phi) is 4.88. The zero-order valence-electron chi connectivity index (χ0n) is 10.1. The molecule has 0 bridgehead atoms. The Balaban J connectivity index is 3.37. The predicted molar refractivity (Wildman–Crippen MR) is 72.1 cm³/mol. The molecule has 0 saturated carbocycles. The third-order valence-corrected chi connectivity index (χ3v) is 4.82. The van der Waals surface area contributed by atoms with Crippen LogP contribution in [0.15, 0.2) is 21.5 Å². The van der Waals surface area contributed by atoms with Crippen LogP contribution in [0.4, 0.5) is 10.1 Å². The Morgan fingerprint density at radius 3 is 2.53 bits per heavy atom. The van der Waals surface area contributed by atoms with Crippen LogP contribution in [-0.4, -0.2) is 31.7 Å². The number of amides is 1. The molecule has 4 N–H and O–H groups in total. The second-order valence-corrected chi connectivity index (χ2v) is 6.47. The zero-order valence-corrected chi connectivity index (χ0v) is 12.5. The lowest BCUT2D eigenvalue weighted by Gasteiger charge is -2.19. The molecule has 0 aromatic heterocycles. The Morgan fingerprint density at radius 2 is 2.05 bits per heavy atom. The summed E-state index contributed by atoms with van der Waals surface area (Å²) in [6.45, 7) is 0.974. The molecule has 0 radical (unpaired) electrons. The second-order valence-electron chi connectivity index (χ2n) is 3.71. The van der Waals surface area contributed by atoms with Crippen molar-refractivity contribution in [3.05, 3.63) is 22.4 Å². The highest BCUT2D eigenvalue weighted by Gasteiger charge is 2.28. The summed E-state index contributed by atoms with van der Waals surface area (Å²) in [5, 5.41) is 0. The van der Waals surface area contributed by atoms with Crippen LogP contribution in [0.1, 0.15) is 6.92 Å². The lowest BCUT2D eigenvalue weighted by Crippen LogP contribution is -2.38. The van der Waals surface area contributed by atoms with E-state index in [1.807, 2.05) is 0 Å². The molecule has 0 spiro atoms. The summed E-state index contributed by atoms with van der Waals surface area (Å²) in [4.78, 5) is 10.3. The molecule has 0 fully saturated rings. The number of primary amides is 1. The largest absolute Gasteiger partial charge is 0.399 e. The lowest BCUT2D eigenvalue weighted by molar-refractivity contribution is -0.118. The molecule has 1 aromatic rings. The first-order valence-electron chi connectivity index (χ1n) is 5.23. The van der Waals surface area contributed by atoms with Gasteiger partial charge in [-0.3, -0.25) is 4.79 Å². The van der Waals surface area contributed by atoms with E-state index < -0.39 is 33.2 Å². The van der Waals surface area contributed by atoms with Crippen LogP contribution in [0.25, 0.3) is 0 Å². The van der Waals surface area contributed by atoms with E-state index in [-0.39, 0.29) is 16.7 Å². The number of anilines is 1. The highest BCUT2D eigenvalue weighted by molar-refractivity contribution is 9.10. The van der Waals surface area contributed by atoms with E-state index in [0.29, 0.717) is 0 Å². The molecular weight excluding hydrogens is 341 g/mol. The maximum absolute atomic E-state index is 13.9. The van der Waals surface area contributed by atoms with E-state index in [0.717, 1.165) is 10.4 Å². The maximum atomic E-state index is 13.9. The first kappa shape index (κ1) is 15.9. The molecule has 1 amide bonds. The van der Waals surface area contributed by atoms with Crippen LogP contribution in [-0.2, 0) is 14.8 Å². The van der Waals surface area contributed by atoms with Gasteiger partial charge in [-0.15, -0.1) is 0 Å². The molecule has 0 aliphatic heterocycles. The zero-order chi connectivity index (χ0) is 14.8. The number of nitrogens with two attached hydrogens (primary N) is 2. The molecule has 9 heteroatoms. The van der Waals surface area contributed by atoms with Gasteiger partial charge in [-0.1, -0.05) is 6.92 Å². The van der Waals surface area contributed by atoms with Crippen molar-refractivity contribution in [1.29, 1.82) is 0 Å². The molecule has 0 unspecified atom stereocenters. The van der Waals surface area contributed by atoms with Crippen LogP contribution in [0.5, 0.6) is 0 Å². The topological polar surface area (TPSA) is 106 Å². The highest BCUT2D eigenvalue weighted by Crippen LogP contribution is 2.28. The van der Waals surface area contributed by atoms with Crippen molar-refractivity contribution in [2.45, 2.75) is 11.8 Å². The summed E-state index contributed by atoms with van der Waals surface area (Å²) < 4.78 is 39.0. The third kappa shape index (κ3) is 3.43. The van der Waals surface area contributed by atoms with Gasteiger partial charge in [0.2, 0.25) is 15.9 Å². The summed E-state index contributed by atoms with van der Waals surface area (Å²) in [5.41, 5.74) is 10.6. The summed E-state index contributed by atoms with van der Waals surface area (Å²) in [5.74, 6) is -1.79.